The molecule has 0 aliphatic rings. The zero-order valence-corrected chi connectivity index (χ0v) is 11.6. The molecule has 19 heavy (non-hydrogen) atoms. The zero-order chi connectivity index (χ0) is 14.7. The van der Waals surface area contributed by atoms with Gasteiger partial charge in [-0.05, 0) is 0 Å². The van der Waals surface area contributed by atoms with Gasteiger partial charge < -0.3 is 14.2 Å². The van der Waals surface area contributed by atoms with Crippen molar-refractivity contribution < 1.29 is 23.8 Å². The Bertz CT molecular complexity index is 281. The monoisotopic (exact) mass is 270 g/mol. The van der Waals surface area contributed by atoms with Gasteiger partial charge in [0.05, 0.1) is 26.4 Å². The first-order chi connectivity index (χ1) is 8.99. The highest BCUT2D eigenvalue weighted by Gasteiger charge is 2.08. The van der Waals surface area contributed by atoms with Crippen molar-refractivity contribution in [3.05, 3.63) is 25.3 Å². The van der Waals surface area contributed by atoms with Crippen LogP contribution in [-0.2, 0) is 23.8 Å². The van der Waals surface area contributed by atoms with Gasteiger partial charge in [-0.15, -0.1) is 0 Å². The summed E-state index contributed by atoms with van der Waals surface area (Å²) < 4.78 is 15.2. The normalized spacial score (nSPS) is 13.2. The molecule has 108 valence electrons. The Morgan fingerprint density at radius 3 is 1.58 bits per heavy atom. The minimum Gasteiger partial charge on any atom is -0.462 e. The zero-order valence-electron chi connectivity index (χ0n) is 11.6. The Morgan fingerprint density at radius 2 is 1.26 bits per heavy atom. The summed E-state index contributed by atoms with van der Waals surface area (Å²) in [7, 11) is 0. The van der Waals surface area contributed by atoms with Crippen molar-refractivity contribution in [1.29, 1.82) is 0 Å². The second-order valence-electron chi connectivity index (χ2n) is 4.42. The third-order valence-corrected chi connectivity index (χ3v) is 2.16. The molecule has 2 atom stereocenters. The van der Waals surface area contributed by atoms with Crippen LogP contribution >= 0.6 is 0 Å². The predicted molar refractivity (Wildman–Crippen MR) is 71.5 cm³/mol. The van der Waals surface area contributed by atoms with E-state index in [2.05, 4.69) is 13.2 Å². The summed E-state index contributed by atoms with van der Waals surface area (Å²) in [5, 5.41) is 0. The molecule has 0 radical (unpaired) electrons. The van der Waals surface area contributed by atoms with Crippen molar-refractivity contribution >= 4 is 11.9 Å². The number of carbonyl (C=O) groups excluding carboxylic acids is 2. The van der Waals surface area contributed by atoms with Gasteiger partial charge in [0.1, 0.15) is 0 Å². The van der Waals surface area contributed by atoms with E-state index in [-0.39, 0.29) is 11.8 Å². The van der Waals surface area contributed by atoms with Gasteiger partial charge in [-0.1, -0.05) is 27.0 Å². The van der Waals surface area contributed by atoms with Gasteiger partial charge in [-0.2, -0.15) is 0 Å². The first-order valence-corrected chi connectivity index (χ1v) is 6.15. The number of hydrogen-bond acceptors (Lipinski definition) is 5. The average molecular weight is 270 g/mol. The Labute approximate surface area is 114 Å². The van der Waals surface area contributed by atoms with Crippen LogP contribution in [0.5, 0.6) is 0 Å². The van der Waals surface area contributed by atoms with Crippen LogP contribution in [0.2, 0.25) is 0 Å². The van der Waals surface area contributed by atoms with Crippen molar-refractivity contribution in [3.63, 3.8) is 0 Å². The highest BCUT2D eigenvalue weighted by Crippen LogP contribution is 2.02. The van der Waals surface area contributed by atoms with Crippen LogP contribution in [0.15, 0.2) is 25.3 Å². The molecule has 0 rings (SSSR count). The second kappa shape index (κ2) is 10.3. The molecule has 0 amide bonds. The molecule has 5 heteroatoms. The topological polar surface area (TPSA) is 61.8 Å². The Balaban J connectivity index is 3.60. The molecule has 5 nitrogen and oxygen atoms in total. The summed E-state index contributed by atoms with van der Waals surface area (Å²) >= 11 is 0. The lowest BCUT2D eigenvalue weighted by molar-refractivity contribution is -0.139. The molecule has 0 bridgehead atoms. The molecule has 0 aliphatic heterocycles. The Morgan fingerprint density at radius 1 is 0.895 bits per heavy atom. The maximum absolute atomic E-state index is 10.8. The molecular weight excluding hydrogens is 248 g/mol. The molecule has 2 unspecified atom stereocenters. The molecule has 0 aromatic heterocycles. The van der Waals surface area contributed by atoms with Gasteiger partial charge in [0.25, 0.3) is 0 Å². The molecule has 0 N–H and O–H groups in total. The van der Waals surface area contributed by atoms with E-state index < -0.39 is 11.9 Å². The first-order valence-electron chi connectivity index (χ1n) is 6.15. The summed E-state index contributed by atoms with van der Waals surface area (Å²) in [6.07, 6.45) is 2.26. The fourth-order valence-electron chi connectivity index (χ4n) is 1.13. The fourth-order valence-corrected chi connectivity index (χ4v) is 1.13. The number of hydrogen-bond donors (Lipinski definition) is 0. The van der Waals surface area contributed by atoms with Crippen LogP contribution in [-0.4, -0.2) is 38.4 Å². The minimum atomic E-state index is -0.434. The van der Waals surface area contributed by atoms with Crippen LogP contribution in [0.25, 0.3) is 0 Å². The lowest BCUT2D eigenvalue weighted by Gasteiger charge is -2.15. The predicted octanol–water partition coefficient (Wildman–Crippen LogP) is 1.73. The van der Waals surface area contributed by atoms with Crippen LogP contribution in [0.3, 0.4) is 0 Å². The van der Waals surface area contributed by atoms with Crippen molar-refractivity contribution in [2.45, 2.75) is 13.8 Å². The maximum Gasteiger partial charge on any atom is 0.330 e. The van der Waals surface area contributed by atoms with Gasteiger partial charge >= 0.3 is 11.9 Å². The molecule has 0 saturated heterocycles. The summed E-state index contributed by atoms with van der Waals surface area (Å²) in [5.41, 5.74) is 0. The maximum atomic E-state index is 10.8. The molecular formula is C14H22O5. The average Bonchev–Trinajstić information content (AvgIpc) is 2.41. The number of carbonyl (C=O) groups is 2. The highest BCUT2D eigenvalue weighted by atomic mass is 16.5. The largest absolute Gasteiger partial charge is 0.462 e. The van der Waals surface area contributed by atoms with Crippen molar-refractivity contribution in [2.75, 3.05) is 26.4 Å². The van der Waals surface area contributed by atoms with Crippen LogP contribution in [0, 0.1) is 11.8 Å². The Hall–Kier alpha value is -1.62. The van der Waals surface area contributed by atoms with E-state index in [1.54, 1.807) is 0 Å². The Kier molecular flexibility index (Phi) is 9.44. The van der Waals surface area contributed by atoms with Gasteiger partial charge in [-0.3, -0.25) is 0 Å². The third kappa shape index (κ3) is 10.0. The SMILES string of the molecule is C=CC(=O)OCC(C)COCC(C)COC(=O)C=C. The van der Waals surface area contributed by atoms with E-state index in [4.69, 9.17) is 14.2 Å². The number of esters is 2. The van der Waals surface area contributed by atoms with E-state index in [9.17, 15) is 9.59 Å². The summed E-state index contributed by atoms with van der Waals surface area (Å²) in [5.74, 6) is -0.660. The van der Waals surface area contributed by atoms with Crippen molar-refractivity contribution in [3.8, 4) is 0 Å². The van der Waals surface area contributed by atoms with Crippen LogP contribution < -0.4 is 0 Å². The molecule has 0 fully saturated rings. The van der Waals surface area contributed by atoms with Gasteiger partial charge in [0.2, 0.25) is 0 Å². The van der Waals surface area contributed by atoms with E-state index in [1.165, 1.54) is 0 Å². The summed E-state index contributed by atoms with van der Waals surface area (Å²) in [6.45, 7) is 12.0. The van der Waals surface area contributed by atoms with Crippen LogP contribution in [0.1, 0.15) is 13.8 Å². The molecule has 0 saturated carbocycles. The van der Waals surface area contributed by atoms with Crippen molar-refractivity contribution in [1.82, 2.24) is 0 Å². The van der Waals surface area contributed by atoms with Gasteiger partial charge in [0, 0.05) is 24.0 Å². The standard InChI is InChI=1S/C14H22O5/c1-5-13(15)18-9-11(3)7-17-8-12(4)10-19-14(16)6-2/h5-6,11-12H,1-2,7-10H2,3-4H3. The smallest absolute Gasteiger partial charge is 0.330 e. The van der Waals surface area contributed by atoms with E-state index in [1.807, 2.05) is 13.8 Å². The first kappa shape index (κ1) is 17.4. The summed E-state index contributed by atoms with van der Waals surface area (Å²) in [4.78, 5) is 21.7. The van der Waals surface area contributed by atoms with E-state index >= 15 is 0 Å². The molecule has 0 heterocycles. The lowest BCUT2D eigenvalue weighted by Crippen LogP contribution is -2.19. The highest BCUT2D eigenvalue weighted by molar-refractivity contribution is 5.81. The van der Waals surface area contributed by atoms with Crippen molar-refractivity contribution in [2.24, 2.45) is 11.8 Å². The van der Waals surface area contributed by atoms with E-state index in [0.717, 1.165) is 12.2 Å². The third-order valence-electron chi connectivity index (χ3n) is 2.16. The van der Waals surface area contributed by atoms with Crippen LogP contribution in [0.4, 0.5) is 0 Å². The van der Waals surface area contributed by atoms with Gasteiger partial charge in [-0.25, -0.2) is 9.59 Å². The molecule has 0 spiro atoms. The molecule has 0 aliphatic carbocycles. The molecule has 0 aromatic carbocycles. The quantitative estimate of drug-likeness (QED) is 0.447. The number of ether oxygens (including phenoxy) is 3. The lowest BCUT2D eigenvalue weighted by atomic mass is 10.2. The second-order valence-corrected chi connectivity index (χ2v) is 4.42. The fraction of sp³-hybridized carbons (Fsp3) is 0.571. The number of rotatable bonds is 10. The summed E-state index contributed by atoms with van der Waals surface area (Å²) in [6, 6.07) is 0. The van der Waals surface area contributed by atoms with E-state index in [0.29, 0.717) is 26.4 Å². The minimum absolute atomic E-state index is 0.104. The van der Waals surface area contributed by atoms with Gasteiger partial charge in [0.15, 0.2) is 0 Å². The molecule has 0 aromatic rings.